The molecule has 2 saturated carbocycles. The number of anilines is 1. The summed E-state index contributed by atoms with van der Waals surface area (Å²) in [5, 5.41) is 8.36. The van der Waals surface area contributed by atoms with Crippen LogP contribution in [-0.2, 0) is 20.8 Å². The van der Waals surface area contributed by atoms with Crippen LogP contribution < -0.4 is 10.6 Å². The van der Waals surface area contributed by atoms with Crippen LogP contribution in [0.1, 0.15) is 51.0 Å². The summed E-state index contributed by atoms with van der Waals surface area (Å²) in [5.74, 6) is 0.447. The number of carbonyl (C=O) groups excluding carboxylic acids is 3. The first kappa shape index (κ1) is 21.7. The van der Waals surface area contributed by atoms with Gasteiger partial charge in [0.2, 0.25) is 11.8 Å². The zero-order chi connectivity index (χ0) is 21.8. The molecule has 0 radical (unpaired) electrons. The molecule has 1 aromatic heterocycles. The van der Waals surface area contributed by atoms with Crippen LogP contribution in [0.4, 0.5) is 5.13 Å². The SMILES string of the molecule is CC(=O)NCCCc1ccc(-c2csc(NC(=O)C3CC4CCCC(C3)C4=O)n2)cc1. The first-order valence-electron chi connectivity index (χ1n) is 11.1. The van der Waals surface area contributed by atoms with Crippen molar-refractivity contribution in [1.82, 2.24) is 10.3 Å². The van der Waals surface area contributed by atoms with Crippen LogP contribution in [0.3, 0.4) is 0 Å². The number of aryl methyl sites for hydroxylation is 1. The van der Waals surface area contributed by atoms with E-state index in [1.165, 1.54) is 23.8 Å². The van der Waals surface area contributed by atoms with E-state index in [0.29, 0.717) is 30.3 Å². The van der Waals surface area contributed by atoms with E-state index in [9.17, 15) is 14.4 Å². The largest absolute Gasteiger partial charge is 0.356 e. The van der Waals surface area contributed by atoms with Gasteiger partial charge in [0.05, 0.1) is 5.69 Å². The number of hydrogen-bond acceptors (Lipinski definition) is 5. The number of amides is 2. The van der Waals surface area contributed by atoms with Crippen molar-refractivity contribution < 1.29 is 14.4 Å². The molecule has 2 N–H and O–H groups in total. The molecule has 0 aliphatic heterocycles. The van der Waals surface area contributed by atoms with Crippen LogP contribution in [-0.4, -0.2) is 29.1 Å². The molecule has 7 heteroatoms. The second-order valence-electron chi connectivity index (χ2n) is 8.71. The summed E-state index contributed by atoms with van der Waals surface area (Å²) in [6.07, 6.45) is 6.16. The normalized spacial score (nSPS) is 22.7. The smallest absolute Gasteiger partial charge is 0.229 e. The molecule has 1 aromatic carbocycles. The molecule has 2 bridgehead atoms. The first-order chi connectivity index (χ1) is 15.0. The first-order valence-corrected chi connectivity index (χ1v) is 12.0. The number of thiazole rings is 1. The van der Waals surface area contributed by atoms with E-state index in [-0.39, 0.29) is 29.6 Å². The van der Waals surface area contributed by atoms with Crippen LogP contribution in [0.2, 0.25) is 0 Å². The predicted molar refractivity (Wildman–Crippen MR) is 122 cm³/mol. The van der Waals surface area contributed by atoms with Gasteiger partial charge in [-0.15, -0.1) is 11.3 Å². The molecule has 2 aliphatic rings. The Hall–Kier alpha value is -2.54. The summed E-state index contributed by atoms with van der Waals surface area (Å²) in [7, 11) is 0. The second-order valence-corrected chi connectivity index (χ2v) is 9.56. The second kappa shape index (κ2) is 9.73. The van der Waals surface area contributed by atoms with Crippen LogP contribution >= 0.6 is 11.3 Å². The average molecular weight is 440 g/mol. The lowest BCUT2D eigenvalue weighted by Gasteiger charge is -2.36. The predicted octanol–water partition coefficient (Wildman–Crippen LogP) is 4.21. The summed E-state index contributed by atoms with van der Waals surface area (Å²) in [5.41, 5.74) is 3.08. The van der Waals surface area contributed by atoms with Gasteiger partial charge in [-0.2, -0.15) is 0 Å². The fourth-order valence-electron chi connectivity index (χ4n) is 4.76. The third-order valence-corrected chi connectivity index (χ3v) is 7.18. The minimum absolute atomic E-state index is 0.000168. The van der Waals surface area contributed by atoms with Gasteiger partial charge in [0.15, 0.2) is 5.13 Å². The molecular formula is C24H29N3O3S. The van der Waals surface area contributed by atoms with Crippen LogP contribution in [0.25, 0.3) is 11.3 Å². The molecule has 1 heterocycles. The van der Waals surface area contributed by atoms with Gasteiger partial charge >= 0.3 is 0 Å². The minimum Gasteiger partial charge on any atom is -0.356 e. The summed E-state index contributed by atoms with van der Waals surface area (Å²) >= 11 is 1.43. The van der Waals surface area contributed by atoms with E-state index >= 15 is 0 Å². The molecule has 2 atom stereocenters. The van der Waals surface area contributed by atoms with Gasteiger partial charge in [0.25, 0.3) is 0 Å². The van der Waals surface area contributed by atoms with Crippen LogP contribution in [0.5, 0.6) is 0 Å². The highest BCUT2D eigenvalue weighted by atomic mass is 32.1. The van der Waals surface area contributed by atoms with Gasteiger partial charge in [-0.05, 0) is 44.1 Å². The maximum Gasteiger partial charge on any atom is 0.229 e. The fourth-order valence-corrected chi connectivity index (χ4v) is 5.49. The van der Waals surface area contributed by atoms with Gasteiger partial charge < -0.3 is 10.6 Å². The Bertz CT molecular complexity index is 937. The molecule has 0 saturated heterocycles. The highest BCUT2D eigenvalue weighted by molar-refractivity contribution is 7.14. The number of carbonyl (C=O) groups is 3. The van der Waals surface area contributed by atoms with Crippen molar-refractivity contribution in [2.75, 3.05) is 11.9 Å². The van der Waals surface area contributed by atoms with Gasteiger partial charge in [0, 0.05) is 42.2 Å². The maximum absolute atomic E-state index is 12.8. The Kier molecular flexibility index (Phi) is 6.80. The highest BCUT2D eigenvalue weighted by Crippen LogP contribution is 2.40. The molecule has 6 nitrogen and oxygen atoms in total. The summed E-state index contributed by atoms with van der Waals surface area (Å²) in [6, 6.07) is 8.25. The van der Waals surface area contributed by atoms with E-state index in [1.807, 2.05) is 17.5 Å². The van der Waals surface area contributed by atoms with Gasteiger partial charge in [0.1, 0.15) is 5.78 Å². The van der Waals surface area contributed by atoms with Gasteiger partial charge in [-0.25, -0.2) is 4.98 Å². The molecule has 2 aliphatic carbocycles. The number of fused-ring (bicyclic) bond motifs is 2. The molecule has 0 spiro atoms. The maximum atomic E-state index is 12.8. The summed E-state index contributed by atoms with van der Waals surface area (Å²) in [6.45, 7) is 2.21. The van der Waals surface area contributed by atoms with Crippen molar-refractivity contribution in [1.29, 1.82) is 0 Å². The number of aromatic nitrogens is 1. The van der Waals surface area contributed by atoms with E-state index in [4.69, 9.17) is 0 Å². The van der Waals surface area contributed by atoms with Crippen LogP contribution in [0.15, 0.2) is 29.6 Å². The standard InChI is InChI=1S/C24H29N3O3S/c1-15(28)25-11-3-4-16-7-9-17(10-8-16)21-14-31-24(26-21)27-23(30)20-12-18-5-2-6-19(13-20)22(18)29/h7-10,14,18-20H,2-6,11-13H2,1H3,(H,25,28)(H,26,27,30). The molecule has 31 heavy (non-hydrogen) atoms. The Morgan fingerprint density at radius 1 is 1.13 bits per heavy atom. The van der Waals surface area contributed by atoms with E-state index in [0.717, 1.165) is 43.4 Å². The quantitative estimate of drug-likeness (QED) is 0.633. The monoisotopic (exact) mass is 439 g/mol. The number of nitrogens with one attached hydrogen (secondary N) is 2. The van der Waals surface area contributed by atoms with Crippen molar-refractivity contribution in [3.8, 4) is 11.3 Å². The van der Waals surface area contributed by atoms with Crippen molar-refractivity contribution in [2.24, 2.45) is 17.8 Å². The number of benzene rings is 1. The average Bonchev–Trinajstić information content (AvgIpc) is 3.19. The van der Waals surface area contributed by atoms with Crippen molar-refractivity contribution >= 4 is 34.1 Å². The Morgan fingerprint density at radius 2 is 1.84 bits per heavy atom. The zero-order valence-electron chi connectivity index (χ0n) is 17.9. The van der Waals surface area contributed by atoms with E-state index in [1.54, 1.807) is 0 Å². The number of Topliss-reactive ketones (excluding diaryl/α,β-unsaturated/α-hetero) is 1. The van der Waals surface area contributed by atoms with Gasteiger partial charge in [-0.1, -0.05) is 30.7 Å². The fraction of sp³-hybridized carbons (Fsp3) is 0.500. The molecule has 2 fully saturated rings. The number of ketones is 1. The minimum atomic E-state index is -0.0860. The summed E-state index contributed by atoms with van der Waals surface area (Å²) in [4.78, 5) is 40.6. The molecular weight excluding hydrogens is 410 g/mol. The number of hydrogen-bond donors (Lipinski definition) is 2. The Morgan fingerprint density at radius 3 is 2.52 bits per heavy atom. The number of rotatable bonds is 7. The Labute approximate surface area is 186 Å². The molecule has 4 rings (SSSR count). The summed E-state index contributed by atoms with van der Waals surface area (Å²) < 4.78 is 0. The lowest BCUT2D eigenvalue weighted by atomic mass is 9.67. The van der Waals surface area contributed by atoms with Crippen LogP contribution in [0, 0.1) is 17.8 Å². The molecule has 2 amide bonds. The lowest BCUT2D eigenvalue weighted by Crippen LogP contribution is -2.40. The molecule has 2 unspecified atom stereocenters. The third-order valence-electron chi connectivity index (χ3n) is 6.42. The molecule has 164 valence electrons. The van der Waals surface area contributed by atoms with Crippen molar-refractivity contribution in [2.45, 2.75) is 51.9 Å². The van der Waals surface area contributed by atoms with E-state index < -0.39 is 0 Å². The van der Waals surface area contributed by atoms with Crippen molar-refractivity contribution in [3.05, 3.63) is 35.2 Å². The third kappa shape index (κ3) is 5.39. The Balaban J connectivity index is 1.31. The van der Waals surface area contributed by atoms with E-state index in [2.05, 4.69) is 27.8 Å². The van der Waals surface area contributed by atoms with Crippen molar-refractivity contribution in [3.63, 3.8) is 0 Å². The molecule has 2 aromatic rings. The zero-order valence-corrected chi connectivity index (χ0v) is 18.7. The topological polar surface area (TPSA) is 88.2 Å². The van der Waals surface area contributed by atoms with Gasteiger partial charge in [-0.3, -0.25) is 14.4 Å². The highest BCUT2D eigenvalue weighted by Gasteiger charge is 2.41. The lowest BCUT2D eigenvalue weighted by molar-refractivity contribution is -0.136. The number of nitrogens with zero attached hydrogens (tertiary/aromatic N) is 1.